The van der Waals surface area contributed by atoms with E-state index in [0.717, 1.165) is 38.9 Å². The van der Waals surface area contributed by atoms with Crippen LogP contribution in [0.15, 0.2) is 200 Å². The number of aromatic nitrogens is 4. The highest BCUT2D eigenvalue weighted by atomic mass is 16.5. The van der Waals surface area contributed by atoms with Crippen molar-refractivity contribution < 1.29 is 29.9 Å². The Kier molecular flexibility index (Phi) is 7.87. The topological polar surface area (TPSA) is 35.9 Å². The zero-order chi connectivity index (χ0) is 63.0. The smallest absolute Gasteiger partial charge is 0.255 e. The van der Waals surface area contributed by atoms with Gasteiger partial charge in [-0.15, -0.1) is 0 Å². The van der Waals surface area contributed by atoms with Crippen LogP contribution in [0.4, 0.5) is 0 Å². The van der Waals surface area contributed by atoms with E-state index < -0.39 is 89.5 Å². The largest absolute Gasteiger partial charge is 0.457 e. The van der Waals surface area contributed by atoms with Gasteiger partial charge in [0, 0.05) is 49.9 Å². The second-order valence-electron chi connectivity index (χ2n) is 21.4. The van der Waals surface area contributed by atoms with E-state index in [2.05, 4.69) is 91.6 Å². The van der Waals surface area contributed by atoms with Crippen molar-refractivity contribution in [1.29, 1.82) is 0 Å². The van der Waals surface area contributed by atoms with Gasteiger partial charge in [0.2, 0.25) is 0 Å². The first-order valence-corrected chi connectivity index (χ1v) is 24.0. The van der Waals surface area contributed by atoms with E-state index in [-0.39, 0.29) is 34.3 Å². The molecule has 0 aliphatic heterocycles. The lowest BCUT2D eigenvalue weighted by Gasteiger charge is -2.28. The quantitative estimate of drug-likeness (QED) is 0.142. The van der Waals surface area contributed by atoms with Crippen molar-refractivity contribution in [3.8, 4) is 62.1 Å². The second-order valence-corrected chi connectivity index (χ2v) is 21.4. The molecule has 356 valence electrons. The van der Waals surface area contributed by atoms with Crippen LogP contribution in [0.3, 0.4) is 0 Å². The third kappa shape index (κ3) is 8.57. The molecule has 11 aromatic rings. The van der Waals surface area contributed by atoms with E-state index in [9.17, 15) is 5.48 Å². The SMILES string of the molecule is [2H]c1nc(-n2c3ccccc3c3ccc(Oc4cccc(-n5c[n+](-c6c(-c7cc(C(C)(C)C)cc(C(C)(C)C)c7)cc(C(C)(C)C)cc6-c6c([2H])c([2H])c([2H])c([2H])c6[2H])c6ccccc65)c4)cc32)c([2H])c(C([2H])([2H])[2H])c1-c1c([2H])c([2H])c([2H])c([2H])c1[2H]. The maximum Gasteiger partial charge on any atom is 0.255 e. The minimum atomic E-state index is -3.11. The summed E-state index contributed by atoms with van der Waals surface area (Å²) in [5.74, 6) is 0.533. The Hall–Kier alpha value is -8.02. The summed E-state index contributed by atoms with van der Waals surface area (Å²) in [5, 5.41) is 1.40. The van der Waals surface area contributed by atoms with E-state index in [0.29, 0.717) is 50.2 Å². The van der Waals surface area contributed by atoms with Gasteiger partial charge < -0.3 is 4.74 Å². The molecule has 0 unspecified atom stereocenters. The summed E-state index contributed by atoms with van der Waals surface area (Å²) in [7, 11) is 0. The molecule has 0 atom stereocenters. The van der Waals surface area contributed by atoms with Crippen LogP contribution in [-0.2, 0) is 16.2 Å². The van der Waals surface area contributed by atoms with E-state index in [1.54, 1.807) is 34.9 Å². The Labute approximate surface area is 445 Å². The standard InChI is InChI=1S/C67H63N4O/c1-44-34-63(68-42-58(44)46-24-15-12-16-25-46)71-59-29-18-17-28-54(59)55-33-32-53(41-62(55)71)72-52-27-21-26-51(40-52)69-43-70(61-31-20-19-30-60(61)69)64-56(45-22-13-11-14-23-45)38-50(67(8,9)10)39-57(64)47-35-48(65(2,3)4)37-49(36-47)66(5,6)7/h11-43H,1-10H3/q+1/i1D3,11D,12D,13D,14D,15D,16D,22D,23D,24D,25D,34D,42D. The minimum absolute atomic E-state index is 0.0695. The molecule has 72 heavy (non-hydrogen) atoms. The summed E-state index contributed by atoms with van der Waals surface area (Å²) in [4.78, 5) is 4.51. The van der Waals surface area contributed by atoms with Crippen molar-refractivity contribution in [3.63, 3.8) is 0 Å². The number of pyridine rings is 1. The molecule has 5 nitrogen and oxygen atoms in total. The third-order valence-corrected chi connectivity index (χ3v) is 13.3. The summed E-state index contributed by atoms with van der Waals surface area (Å²) >= 11 is 0. The van der Waals surface area contributed by atoms with Crippen LogP contribution in [0.1, 0.15) is 105 Å². The number of hydrogen-bond donors (Lipinski definition) is 0. The lowest BCUT2D eigenvalue weighted by molar-refractivity contribution is -0.566. The second kappa shape index (κ2) is 17.7. The van der Waals surface area contributed by atoms with Crippen LogP contribution in [0.2, 0.25) is 0 Å². The highest BCUT2D eigenvalue weighted by Crippen LogP contribution is 2.42. The number of imidazole rings is 1. The Morgan fingerprint density at radius 3 is 1.78 bits per heavy atom. The Morgan fingerprint density at radius 1 is 0.528 bits per heavy atom. The molecule has 11 rings (SSSR count). The number of hydrogen-bond acceptors (Lipinski definition) is 2. The molecule has 0 aliphatic rings. The molecule has 3 heterocycles. The number of benzene rings is 8. The van der Waals surface area contributed by atoms with Crippen LogP contribution in [-0.4, -0.2) is 14.1 Å². The maximum atomic E-state index is 9.55. The minimum Gasteiger partial charge on any atom is -0.457 e. The zero-order valence-electron chi connectivity index (χ0n) is 56.8. The van der Waals surface area contributed by atoms with Crippen molar-refractivity contribution in [2.45, 2.75) is 85.4 Å². The first kappa shape index (κ1) is 32.1. The van der Waals surface area contributed by atoms with Crippen molar-refractivity contribution >= 4 is 32.8 Å². The van der Waals surface area contributed by atoms with Crippen LogP contribution in [0.25, 0.3) is 83.4 Å². The van der Waals surface area contributed by atoms with Crippen LogP contribution in [0, 0.1) is 6.85 Å². The highest BCUT2D eigenvalue weighted by molar-refractivity contribution is 6.09. The molecule has 3 aromatic heterocycles. The van der Waals surface area contributed by atoms with Gasteiger partial charge in [0.25, 0.3) is 6.33 Å². The van der Waals surface area contributed by atoms with Crippen molar-refractivity contribution in [3.05, 3.63) is 223 Å². The van der Waals surface area contributed by atoms with Gasteiger partial charge in [-0.2, -0.15) is 9.13 Å². The van der Waals surface area contributed by atoms with E-state index >= 15 is 0 Å². The molecule has 0 radical (unpaired) electrons. The van der Waals surface area contributed by atoms with Gasteiger partial charge in [-0.3, -0.25) is 4.57 Å². The van der Waals surface area contributed by atoms with Gasteiger partial charge in [-0.05, 0) is 123 Å². The molecular weight excluding hydrogens is 877 g/mol. The summed E-state index contributed by atoms with van der Waals surface area (Å²) < 4.78 is 145. The van der Waals surface area contributed by atoms with Crippen LogP contribution in [0.5, 0.6) is 11.5 Å². The summed E-state index contributed by atoms with van der Waals surface area (Å²) in [6.07, 6.45) is 1.25. The third-order valence-electron chi connectivity index (χ3n) is 13.3. The molecular formula is C67H63N4O+. The first-order valence-electron chi connectivity index (χ1n) is 31.5. The summed E-state index contributed by atoms with van der Waals surface area (Å²) in [5.41, 5.74) is 6.36. The number of nitrogens with zero attached hydrogens (tertiary/aromatic N) is 4. The molecule has 0 N–H and O–H groups in total. The van der Waals surface area contributed by atoms with Crippen molar-refractivity contribution in [1.82, 2.24) is 14.1 Å². The predicted octanol–water partition coefficient (Wildman–Crippen LogP) is 17.4. The van der Waals surface area contributed by atoms with Gasteiger partial charge >= 0.3 is 0 Å². The van der Waals surface area contributed by atoms with Crippen LogP contribution >= 0.6 is 0 Å². The monoisotopic (exact) mass is 955 g/mol. The molecule has 0 bridgehead atoms. The summed E-state index contributed by atoms with van der Waals surface area (Å²) in [6, 6.07) is 32.5. The zero-order valence-corrected chi connectivity index (χ0v) is 41.8. The Bertz CT molecular complexity index is 4600. The highest BCUT2D eigenvalue weighted by Gasteiger charge is 2.30. The lowest BCUT2D eigenvalue weighted by Crippen LogP contribution is -2.31. The maximum absolute atomic E-state index is 9.55. The van der Waals surface area contributed by atoms with Gasteiger partial charge in [0.1, 0.15) is 28.7 Å². The molecule has 0 spiro atoms. The van der Waals surface area contributed by atoms with Crippen molar-refractivity contribution in [2.75, 3.05) is 0 Å². The summed E-state index contributed by atoms with van der Waals surface area (Å²) in [6.45, 7) is 16.3. The molecule has 0 fully saturated rings. The fourth-order valence-electron chi connectivity index (χ4n) is 9.37. The molecule has 0 saturated carbocycles. The van der Waals surface area contributed by atoms with E-state index in [4.69, 9.17) is 19.8 Å². The van der Waals surface area contributed by atoms with Crippen molar-refractivity contribution in [2.24, 2.45) is 0 Å². The van der Waals surface area contributed by atoms with E-state index in [1.807, 2.05) is 82.2 Å². The Balaban J connectivity index is 1.11. The normalized spacial score (nSPS) is 15.4. The fourth-order valence-corrected chi connectivity index (χ4v) is 9.37. The molecule has 5 heteroatoms. The van der Waals surface area contributed by atoms with E-state index in [1.165, 1.54) is 0 Å². The fraction of sp³-hybridized carbons (Fsp3) is 0.194. The Morgan fingerprint density at radius 2 is 1.11 bits per heavy atom. The molecule has 8 aromatic carbocycles. The average molecular weight is 955 g/mol. The molecule has 0 saturated heterocycles. The lowest BCUT2D eigenvalue weighted by atomic mass is 9.77. The number of para-hydroxylation sites is 3. The number of ether oxygens (including phenoxy) is 1. The molecule has 0 aliphatic carbocycles. The predicted molar refractivity (Wildman–Crippen MR) is 301 cm³/mol. The number of fused-ring (bicyclic) bond motifs is 4. The first-order chi connectivity index (χ1) is 40.7. The number of rotatable bonds is 8. The average Bonchev–Trinajstić information content (AvgIpc) is 1.74. The van der Waals surface area contributed by atoms with Gasteiger partial charge in [-0.25, -0.2) is 4.98 Å². The molecule has 0 amide bonds. The van der Waals surface area contributed by atoms with Crippen LogP contribution < -0.4 is 9.30 Å². The van der Waals surface area contributed by atoms with Gasteiger partial charge in [0.15, 0.2) is 11.0 Å². The van der Waals surface area contributed by atoms with Gasteiger partial charge in [-0.1, -0.05) is 177 Å². The van der Waals surface area contributed by atoms with Gasteiger partial charge in [0.05, 0.1) is 27.5 Å².